The fraction of sp³-hybridized carbons (Fsp3) is 0.533. The molecule has 0 aliphatic rings. The maximum absolute atomic E-state index is 11.3. The van der Waals surface area contributed by atoms with Crippen molar-refractivity contribution in [3.05, 3.63) is 23.8 Å². The summed E-state index contributed by atoms with van der Waals surface area (Å²) in [7, 11) is 2.92. The van der Waals surface area contributed by atoms with E-state index in [1.165, 1.54) is 7.11 Å². The van der Waals surface area contributed by atoms with Gasteiger partial charge in [-0.25, -0.2) is 0 Å². The van der Waals surface area contributed by atoms with E-state index in [0.29, 0.717) is 5.75 Å². The second-order valence-corrected chi connectivity index (χ2v) is 5.55. The van der Waals surface area contributed by atoms with E-state index in [2.05, 4.69) is 25.5 Å². The van der Waals surface area contributed by atoms with Gasteiger partial charge < -0.3 is 19.9 Å². The first-order valence-corrected chi connectivity index (χ1v) is 6.44. The zero-order chi connectivity index (χ0) is 15.3. The summed E-state index contributed by atoms with van der Waals surface area (Å²) < 4.78 is 15.5. The molecule has 112 valence electrons. The van der Waals surface area contributed by atoms with Crippen molar-refractivity contribution in [2.45, 2.75) is 32.2 Å². The first kappa shape index (κ1) is 16.3. The summed E-state index contributed by atoms with van der Waals surface area (Å²) in [6.07, 6.45) is 0. The number of ether oxygens (including phenoxy) is 3. The van der Waals surface area contributed by atoms with E-state index < -0.39 is 12.0 Å². The first-order chi connectivity index (χ1) is 9.29. The van der Waals surface area contributed by atoms with Crippen LogP contribution >= 0.6 is 0 Å². The molecule has 0 spiro atoms. The number of rotatable bonds is 5. The van der Waals surface area contributed by atoms with Crippen LogP contribution in [0.2, 0.25) is 0 Å². The number of hydrogen-bond donors (Lipinski definition) is 1. The molecular weight excluding hydrogens is 258 g/mol. The average molecular weight is 281 g/mol. The SMILES string of the molecule is COC(=O)C(N)COc1ccc(OC)cc1C(C)(C)C. The number of benzene rings is 1. The predicted molar refractivity (Wildman–Crippen MR) is 77.2 cm³/mol. The molecule has 20 heavy (non-hydrogen) atoms. The molecule has 2 N–H and O–H groups in total. The smallest absolute Gasteiger partial charge is 0.326 e. The van der Waals surface area contributed by atoms with Gasteiger partial charge >= 0.3 is 5.97 Å². The lowest BCUT2D eigenvalue weighted by atomic mass is 9.86. The van der Waals surface area contributed by atoms with Gasteiger partial charge in [-0.1, -0.05) is 20.8 Å². The van der Waals surface area contributed by atoms with Gasteiger partial charge in [-0.2, -0.15) is 0 Å². The van der Waals surface area contributed by atoms with Crippen LogP contribution in [-0.4, -0.2) is 32.8 Å². The molecule has 1 atom stereocenters. The number of methoxy groups -OCH3 is 2. The van der Waals surface area contributed by atoms with Crippen LogP contribution in [0.15, 0.2) is 18.2 Å². The number of carbonyl (C=O) groups excluding carboxylic acids is 1. The van der Waals surface area contributed by atoms with Gasteiger partial charge in [-0.3, -0.25) is 4.79 Å². The minimum atomic E-state index is -0.796. The Morgan fingerprint density at radius 3 is 2.45 bits per heavy atom. The van der Waals surface area contributed by atoms with Crippen molar-refractivity contribution in [2.24, 2.45) is 5.73 Å². The summed E-state index contributed by atoms with van der Waals surface area (Å²) >= 11 is 0. The predicted octanol–water partition coefficient (Wildman–Crippen LogP) is 1.87. The molecule has 0 radical (unpaired) electrons. The summed E-state index contributed by atoms with van der Waals surface area (Å²) in [5.41, 5.74) is 6.55. The lowest BCUT2D eigenvalue weighted by molar-refractivity contribution is -0.142. The van der Waals surface area contributed by atoms with Gasteiger partial charge in [0.25, 0.3) is 0 Å². The van der Waals surface area contributed by atoms with E-state index in [1.54, 1.807) is 7.11 Å². The molecule has 1 rings (SSSR count). The van der Waals surface area contributed by atoms with Gasteiger partial charge in [-0.05, 0) is 23.6 Å². The zero-order valence-corrected chi connectivity index (χ0v) is 12.7. The summed E-state index contributed by atoms with van der Waals surface area (Å²) in [5, 5.41) is 0. The van der Waals surface area contributed by atoms with Crippen LogP contribution in [0.25, 0.3) is 0 Å². The Hall–Kier alpha value is -1.75. The number of esters is 1. The van der Waals surface area contributed by atoms with Gasteiger partial charge in [0.05, 0.1) is 14.2 Å². The Bertz CT molecular complexity index is 465. The highest BCUT2D eigenvalue weighted by molar-refractivity contribution is 5.75. The van der Waals surface area contributed by atoms with Crippen molar-refractivity contribution in [3.8, 4) is 11.5 Å². The maximum atomic E-state index is 11.3. The van der Waals surface area contributed by atoms with Crippen LogP contribution in [-0.2, 0) is 14.9 Å². The minimum absolute atomic E-state index is 0.0715. The molecule has 0 aliphatic heterocycles. The zero-order valence-electron chi connectivity index (χ0n) is 12.7. The first-order valence-electron chi connectivity index (χ1n) is 6.44. The molecule has 5 nitrogen and oxygen atoms in total. The molecular formula is C15H23NO4. The molecule has 0 aromatic heterocycles. The monoisotopic (exact) mass is 281 g/mol. The molecule has 5 heteroatoms. The van der Waals surface area contributed by atoms with Crippen molar-refractivity contribution in [3.63, 3.8) is 0 Å². The highest BCUT2D eigenvalue weighted by Gasteiger charge is 2.21. The minimum Gasteiger partial charge on any atom is -0.497 e. The van der Waals surface area contributed by atoms with Crippen molar-refractivity contribution in [2.75, 3.05) is 20.8 Å². The molecule has 1 aromatic rings. The van der Waals surface area contributed by atoms with Crippen molar-refractivity contribution < 1.29 is 19.0 Å². The number of hydrogen-bond acceptors (Lipinski definition) is 5. The van der Waals surface area contributed by atoms with E-state index in [4.69, 9.17) is 15.2 Å². The fourth-order valence-electron chi connectivity index (χ4n) is 1.75. The van der Waals surface area contributed by atoms with Crippen LogP contribution in [0.5, 0.6) is 11.5 Å². The molecule has 1 unspecified atom stereocenters. The Kier molecular flexibility index (Phi) is 5.39. The van der Waals surface area contributed by atoms with Crippen LogP contribution in [0.3, 0.4) is 0 Å². The van der Waals surface area contributed by atoms with E-state index in [1.807, 2.05) is 18.2 Å². The van der Waals surface area contributed by atoms with E-state index >= 15 is 0 Å². The lowest BCUT2D eigenvalue weighted by Gasteiger charge is -2.24. The summed E-state index contributed by atoms with van der Waals surface area (Å²) in [6, 6.07) is 4.77. The molecule has 1 aromatic carbocycles. The number of nitrogens with two attached hydrogens (primary N) is 1. The molecule has 0 fully saturated rings. The van der Waals surface area contributed by atoms with Crippen LogP contribution in [0.4, 0.5) is 0 Å². The fourth-order valence-corrected chi connectivity index (χ4v) is 1.75. The normalized spacial score (nSPS) is 12.7. The second kappa shape index (κ2) is 6.61. The average Bonchev–Trinajstić information content (AvgIpc) is 2.42. The highest BCUT2D eigenvalue weighted by Crippen LogP contribution is 2.34. The second-order valence-electron chi connectivity index (χ2n) is 5.55. The standard InChI is InChI=1S/C15H23NO4/c1-15(2,3)11-8-10(18-4)6-7-13(11)20-9-12(16)14(17)19-5/h6-8,12H,9,16H2,1-5H3. The quantitative estimate of drug-likeness (QED) is 0.834. The molecule has 0 amide bonds. The van der Waals surface area contributed by atoms with Gasteiger partial charge in [0.1, 0.15) is 24.1 Å². The van der Waals surface area contributed by atoms with Crippen LogP contribution in [0.1, 0.15) is 26.3 Å². The molecule has 0 saturated heterocycles. The maximum Gasteiger partial charge on any atom is 0.326 e. The summed E-state index contributed by atoms with van der Waals surface area (Å²) in [5.74, 6) is 0.966. The third-order valence-electron chi connectivity index (χ3n) is 2.92. The Morgan fingerprint density at radius 2 is 1.95 bits per heavy atom. The molecule has 0 bridgehead atoms. The van der Waals surface area contributed by atoms with E-state index in [0.717, 1.165) is 11.3 Å². The topological polar surface area (TPSA) is 70.8 Å². The molecule has 0 heterocycles. The third kappa shape index (κ3) is 4.13. The Balaban J connectivity index is 2.92. The van der Waals surface area contributed by atoms with E-state index in [9.17, 15) is 4.79 Å². The van der Waals surface area contributed by atoms with Gasteiger partial charge in [0, 0.05) is 5.56 Å². The largest absolute Gasteiger partial charge is 0.497 e. The van der Waals surface area contributed by atoms with Crippen molar-refractivity contribution in [1.29, 1.82) is 0 Å². The van der Waals surface area contributed by atoms with Crippen LogP contribution < -0.4 is 15.2 Å². The molecule has 0 aliphatic carbocycles. The number of carbonyl (C=O) groups is 1. The summed E-state index contributed by atoms with van der Waals surface area (Å²) in [6.45, 7) is 6.31. The summed E-state index contributed by atoms with van der Waals surface area (Å²) in [4.78, 5) is 11.3. The van der Waals surface area contributed by atoms with Gasteiger partial charge in [0.15, 0.2) is 0 Å². The lowest BCUT2D eigenvalue weighted by Crippen LogP contribution is -2.37. The molecule has 0 saturated carbocycles. The third-order valence-corrected chi connectivity index (χ3v) is 2.92. The van der Waals surface area contributed by atoms with Gasteiger partial charge in [-0.15, -0.1) is 0 Å². The van der Waals surface area contributed by atoms with Crippen molar-refractivity contribution >= 4 is 5.97 Å². The van der Waals surface area contributed by atoms with E-state index in [-0.39, 0.29) is 12.0 Å². The van der Waals surface area contributed by atoms with Gasteiger partial charge in [0.2, 0.25) is 0 Å². The Morgan fingerprint density at radius 1 is 1.30 bits per heavy atom. The van der Waals surface area contributed by atoms with Crippen molar-refractivity contribution in [1.82, 2.24) is 0 Å². The highest BCUT2D eigenvalue weighted by atomic mass is 16.5. The van der Waals surface area contributed by atoms with Crippen LogP contribution in [0, 0.1) is 0 Å². The Labute approximate surface area is 120 Å².